The molecule has 0 saturated carbocycles. The van der Waals surface area contributed by atoms with E-state index >= 15 is 0 Å². The Morgan fingerprint density at radius 1 is 0.958 bits per heavy atom. The van der Waals surface area contributed by atoms with Crippen molar-refractivity contribution in [3.8, 4) is 0 Å². The van der Waals surface area contributed by atoms with E-state index in [1.807, 2.05) is 38.1 Å². The van der Waals surface area contributed by atoms with Gasteiger partial charge in [-0.3, -0.25) is 4.79 Å². The van der Waals surface area contributed by atoms with Crippen molar-refractivity contribution < 1.29 is 4.79 Å². The van der Waals surface area contributed by atoms with E-state index in [9.17, 15) is 4.79 Å². The number of amides is 1. The average molecular weight is 345 g/mol. The zero-order valence-corrected chi connectivity index (χ0v) is 15.2. The Hall–Kier alpha value is -1.84. The largest absolute Gasteiger partial charge is 0.348 e. The van der Waals surface area contributed by atoms with Crippen LogP contribution < -0.4 is 10.6 Å². The lowest BCUT2D eigenvalue weighted by Gasteiger charge is -2.17. The number of hydrogen-bond donors (Lipinski definition) is 2. The van der Waals surface area contributed by atoms with Gasteiger partial charge in [0.2, 0.25) is 5.91 Å². The van der Waals surface area contributed by atoms with Crippen molar-refractivity contribution >= 4 is 17.5 Å². The minimum Gasteiger partial charge on any atom is -0.348 e. The fourth-order valence-corrected chi connectivity index (χ4v) is 2.66. The number of halogens is 1. The third-order valence-electron chi connectivity index (χ3n) is 4.20. The van der Waals surface area contributed by atoms with Crippen molar-refractivity contribution in [1.82, 2.24) is 10.6 Å². The molecule has 2 aromatic carbocycles. The molecule has 0 fully saturated rings. The standard InChI is InChI=1S/C20H25ClN2O/c1-4-16-5-7-18(8-6-16)15(3)23-20(24)13-22-14(2)17-9-11-19(21)12-10-17/h5-12,14-15,22H,4,13H2,1-3H3,(H,23,24)/t14-,15-/m1/s1. The summed E-state index contributed by atoms with van der Waals surface area (Å²) in [5.74, 6) is -0.0112. The van der Waals surface area contributed by atoms with Crippen molar-refractivity contribution in [3.63, 3.8) is 0 Å². The lowest BCUT2D eigenvalue weighted by Crippen LogP contribution is -2.36. The molecule has 0 spiro atoms. The molecule has 0 radical (unpaired) electrons. The molecule has 2 aromatic rings. The summed E-state index contributed by atoms with van der Waals surface area (Å²) < 4.78 is 0. The van der Waals surface area contributed by atoms with E-state index < -0.39 is 0 Å². The molecule has 0 aliphatic carbocycles. The second-order valence-electron chi connectivity index (χ2n) is 6.04. The Morgan fingerprint density at radius 3 is 2.08 bits per heavy atom. The maximum absolute atomic E-state index is 12.1. The van der Waals surface area contributed by atoms with Crippen molar-refractivity contribution in [3.05, 3.63) is 70.2 Å². The SMILES string of the molecule is CCc1ccc([C@@H](C)NC(=O)CN[C@H](C)c2ccc(Cl)cc2)cc1. The first-order chi connectivity index (χ1) is 11.5. The van der Waals surface area contributed by atoms with Crippen LogP contribution in [-0.2, 0) is 11.2 Å². The molecule has 128 valence electrons. The Morgan fingerprint density at radius 2 is 1.50 bits per heavy atom. The lowest BCUT2D eigenvalue weighted by molar-refractivity contribution is -0.121. The molecule has 1 amide bonds. The van der Waals surface area contributed by atoms with E-state index in [0.29, 0.717) is 5.02 Å². The molecule has 24 heavy (non-hydrogen) atoms. The number of carbonyl (C=O) groups excluding carboxylic acids is 1. The van der Waals surface area contributed by atoms with Crippen molar-refractivity contribution in [2.45, 2.75) is 39.3 Å². The van der Waals surface area contributed by atoms with Crippen LogP contribution in [0.4, 0.5) is 0 Å². The molecule has 0 aromatic heterocycles. The van der Waals surface area contributed by atoms with Gasteiger partial charge in [0.05, 0.1) is 12.6 Å². The summed E-state index contributed by atoms with van der Waals surface area (Å²) in [7, 11) is 0. The molecule has 2 rings (SSSR count). The quantitative estimate of drug-likeness (QED) is 0.780. The number of aryl methyl sites for hydroxylation is 1. The van der Waals surface area contributed by atoms with Gasteiger partial charge in [0, 0.05) is 11.1 Å². The van der Waals surface area contributed by atoms with Crippen LogP contribution in [0.2, 0.25) is 5.02 Å². The molecular weight excluding hydrogens is 320 g/mol. The van der Waals surface area contributed by atoms with E-state index in [0.717, 1.165) is 17.5 Å². The van der Waals surface area contributed by atoms with Gasteiger partial charge >= 0.3 is 0 Å². The zero-order chi connectivity index (χ0) is 17.5. The van der Waals surface area contributed by atoms with Gasteiger partial charge in [-0.2, -0.15) is 0 Å². The highest BCUT2D eigenvalue weighted by Gasteiger charge is 2.11. The minimum absolute atomic E-state index is 0.00366. The van der Waals surface area contributed by atoms with Gasteiger partial charge in [0.15, 0.2) is 0 Å². The van der Waals surface area contributed by atoms with E-state index in [2.05, 4.69) is 41.8 Å². The maximum atomic E-state index is 12.1. The van der Waals surface area contributed by atoms with Crippen LogP contribution in [0, 0.1) is 0 Å². The first-order valence-corrected chi connectivity index (χ1v) is 8.74. The Kier molecular flexibility index (Phi) is 6.83. The zero-order valence-electron chi connectivity index (χ0n) is 14.5. The smallest absolute Gasteiger partial charge is 0.234 e. The lowest BCUT2D eigenvalue weighted by atomic mass is 10.0. The molecule has 0 unspecified atom stereocenters. The first-order valence-electron chi connectivity index (χ1n) is 8.36. The highest BCUT2D eigenvalue weighted by Crippen LogP contribution is 2.16. The van der Waals surface area contributed by atoms with Gasteiger partial charge in [-0.15, -0.1) is 0 Å². The monoisotopic (exact) mass is 344 g/mol. The summed E-state index contributed by atoms with van der Waals surface area (Å²) in [6.07, 6.45) is 1.02. The van der Waals surface area contributed by atoms with Crippen LogP contribution in [0.5, 0.6) is 0 Å². The average Bonchev–Trinajstić information content (AvgIpc) is 2.60. The molecule has 0 aliphatic heterocycles. The van der Waals surface area contributed by atoms with E-state index in [1.54, 1.807) is 0 Å². The molecule has 2 atom stereocenters. The normalized spacial score (nSPS) is 13.3. The predicted octanol–water partition coefficient (Wildman–Crippen LogP) is 4.43. The van der Waals surface area contributed by atoms with Crippen LogP contribution >= 0.6 is 11.6 Å². The molecule has 0 bridgehead atoms. The summed E-state index contributed by atoms with van der Waals surface area (Å²) in [4.78, 5) is 12.1. The van der Waals surface area contributed by atoms with Gasteiger partial charge in [-0.1, -0.05) is 54.9 Å². The molecule has 4 heteroatoms. The highest BCUT2D eigenvalue weighted by molar-refractivity contribution is 6.30. The molecular formula is C20H25ClN2O. The fourth-order valence-electron chi connectivity index (χ4n) is 2.53. The van der Waals surface area contributed by atoms with Gasteiger partial charge in [0.25, 0.3) is 0 Å². The van der Waals surface area contributed by atoms with E-state index in [4.69, 9.17) is 11.6 Å². The van der Waals surface area contributed by atoms with Crippen LogP contribution in [0.1, 0.15) is 49.5 Å². The number of benzene rings is 2. The van der Waals surface area contributed by atoms with Gasteiger partial charge in [-0.05, 0) is 49.1 Å². The third-order valence-corrected chi connectivity index (χ3v) is 4.46. The van der Waals surface area contributed by atoms with Crippen LogP contribution in [0.3, 0.4) is 0 Å². The first kappa shape index (κ1) is 18.5. The summed E-state index contributed by atoms with van der Waals surface area (Å²) in [5.41, 5.74) is 3.53. The van der Waals surface area contributed by atoms with Crippen molar-refractivity contribution in [2.75, 3.05) is 6.54 Å². The van der Waals surface area contributed by atoms with Crippen molar-refractivity contribution in [2.24, 2.45) is 0 Å². The Labute approximate surface area is 149 Å². The van der Waals surface area contributed by atoms with Crippen LogP contribution in [-0.4, -0.2) is 12.5 Å². The topological polar surface area (TPSA) is 41.1 Å². The summed E-state index contributed by atoms with van der Waals surface area (Å²) >= 11 is 5.89. The minimum atomic E-state index is -0.0112. The van der Waals surface area contributed by atoms with Gasteiger partial charge < -0.3 is 10.6 Å². The number of hydrogen-bond acceptors (Lipinski definition) is 2. The second kappa shape index (κ2) is 8.86. The van der Waals surface area contributed by atoms with Crippen molar-refractivity contribution in [1.29, 1.82) is 0 Å². The van der Waals surface area contributed by atoms with Crippen LogP contribution in [0.25, 0.3) is 0 Å². The molecule has 0 saturated heterocycles. The summed E-state index contributed by atoms with van der Waals surface area (Å²) in [5, 5.41) is 6.98. The predicted molar refractivity (Wildman–Crippen MR) is 100 cm³/mol. The van der Waals surface area contributed by atoms with Crippen LogP contribution in [0.15, 0.2) is 48.5 Å². The fraction of sp³-hybridized carbons (Fsp3) is 0.350. The summed E-state index contributed by atoms with van der Waals surface area (Å²) in [6.45, 7) is 6.44. The van der Waals surface area contributed by atoms with E-state index in [1.165, 1.54) is 5.56 Å². The maximum Gasteiger partial charge on any atom is 0.234 e. The Bertz CT molecular complexity index is 652. The number of nitrogens with one attached hydrogen (secondary N) is 2. The molecule has 0 aliphatic rings. The molecule has 0 heterocycles. The number of rotatable bonds is 7. The second-order valence-corrected chi connectivity index (χ2v) is 6.47. The molecule has 3 nitrogen and oxygen atoms in total. The highest BCUT2D eigenvalue weighted by atomic mass is 35.5. The summed E-state index contributed by atoms with van der Waals surface area (Å²) in [6, 6.07) is 16.1. The van der Waals surface area contributed by atoms with Gasteiger partial charge in [0.1, 0.15) is 0 Å². The third kappa shape index (κ3) is 5.36. The van der Waals surface area contributed by atoms with Gasteiger partial charge in [-0.25, -0.2) is 0 Å². The van der Waals surface area contributed by atoms with E-state index in [-0.39, 0.29) is 24.5 Å². The molecule has 2 N–H and O–H groups in total. The Balaban J connectivity index is 1.82. The number of carbonyl (C=O) groups is 1.